The number of nitrogens with zero attached hydrogens (tertiary/aromatic N) is 2. The molecule has 0 atom stereocenters. The van der Waals surface area contributed by atoms with Crippen LogP contribution < -0.4 is 4.90 Å². The average molecular weight is 843 g/mol. The molecule has 2 heteroatoms. The Balaban J connectivity index is 1.02. The summed E-state index contributed by atoms with van der Waals surface area (Å²) in [6.07, 6.45) is 0. The molecule has 1 aromatic heterocycles. The number of hydrogen-bond donors (Lipinski definition) is 0. The smallest absolute Gasteiger partial charge is 0.0719 e. The van der Waals surface area contributed by atoms with E-state index in [0.29, 0.717) is 0 Å². The molecule has 1 heterocycles. The van der Waals surface area contributed by atoms with Gasteiger partial charge >= 0.3 is 0 Å². The fourth-order valence-corrected chi connectivity index (χ4v) is 11.8. The summed E-state index contributed by atoms with van der Waals surface area (Å²) in [5.41, 5.74) is 21.7. The molecule has 0 N–H and O–H groups in total. The predicted octanol–water partition coefficient (Wildman–Crippen LogP) is 16.6. The van der Waals surface area contributed by atoms with Crippen LogP contribution in [0.3, 0.4) is 0 Å². The maximum absolute atomic E-state index is 2.50. The molecule has 10 aromatic carbocycles. The van der Waals surface area contributed by atoms with Crippen molar-refractivity contribution < 1.29 is 0 Å². The van der Waals surface area contributed by atoms with Crippen molar-refractivity contribution in [3.63, 3.8) is 0 Å². The molecule has 11 aromatic rings. The first-order valence-corrected chi connectivity index (χ1v) is 23.1. The molecule has 0 aliphatic heterocycles. The Morgan fingerprint density at radius 1 is 0.333 bits per heavy atom. The zero-order valence-corrected chi connectivity index (χ0v) is 37.0. The summed E-state index contributed by atoms with van der Waals surface area (Å²) in [5.74, 6) is 0. The summed E-state index contributed by atoms with van der Waals surface area (Å²) in [6, 6.07) is 90.0. The van der Waals surface area contributed by atoms with E-state index in [1.165, 1.54) is 88.6 Å². The maximum atomic E-state index is 2.50. The second-order valence-corrected chi connectivity index (χ2v) is 18.4. The van der Waals surface area contributed by atoms with Crippen molar-refractivity contribution >= 4 is 38.9 Å². The quantitative estimate of drug-likeness (QED) is 0.162. The minimum Gasteiger partial charge on any atom is -0.310 e. The lowest BCUT2D eigenvalue weighted by Crippen LogP contribution is -2.40. The molecular formula is C64H46N2. The summed E-state index contributed by atoms with van der Waals surface area (Å²) < 4.78 is 2.41. The molecule has 0 amide bonds. The van der Waals surface area contributed by atoms with E-state index in [9.17, 15) is 0 Å². The highest BCUT2D eigenvalue weighted by atomic mass is 15.1. The summed E-state index contributed by atoms with van der Waals surface area (Å²) >= 11 is 0. The van der Waals surface area contributed by atoms with Crippen LogP contribution >= 0.6 is 0 Å². The molecule has 0 radical (unpaired) electrons. The normalized spacial score (nSPS) is 13.8. The fraction of sp³-hybridized carbons (Fsp3) is 0.0625. The number of aromatic nitrogens is 1. The van der Waals surface area contributed by atoms with Gasteiger partial charge in [-0.25, -0.2) is 0 Å². The Morgan fingerprint density at radius 2 is 0.879 bits per heavy atom. The van der Waals surface area contributed by atoms with Crippen LogP contribution in [0.5, 0.6) is 0 Å². The van der Waals surface area contributed by atoms with Gasteiger partial charge in [-0.05, 0) is 116 Å². The van der Waals surface area contributed by atoms with E-state index >= 15 is 0 Å². The zero-order valence-electron chi connectivity index (χ0n) is 37.0. The van der Waals surface area contributed by atoms with E-state index in [4.69, 9.17) is 0 Å². The minimum absolute atomic E-state index is 0.245. The number of hydrogen-bond acceptors (Lipinski definition) is 1. The SMILES string of the molecule is CC1(C)c2ccccc2C2(c3ccccc3-c3ccccc32)c2ccc(-c3cccc(N(c4ccc5c6ccccc6n(-c6ccccc6)c5c4)c4ccccc4-c4ccccc4)c3)cc21. The lowest BCUT2D eigenvalue weighted by molar-refractivity contribution is 0.563. The van der Waals surface area contributed by atoms with Gasteiger partial charge in [0.25, 0.3) is 0 Å². The second kappa shape index (κ2) is 14.7. The fourth-order valence-electron chi connectivity index (χ4n) is 11.8. The van der Waals surface area contributed by atoms with Gasteiger partial charge in [-0.2, -0.15) is 0 Å². The molecular weight excluding hydrogens is 797 g/mol. The molecule has 0 bridgehead atoms. The molecule has 66 heavy (non-hydrogen) atoms. The van der Waals surface area contributed by atoms with Crippen molar-refractivity contribution in [3.8, 4) is 39.1 Å². The molecule has 2 nitrogen and oxygen atoms in total. The third-order valence-electron chi connectivity index (χ3n) is 14.7. The predicted molar refractivity (Wildman–Crippen MR) is 276 cm³/mol. The molecule has 13 rings (SSSR count). The third kappa shape index (κ3) is 5.48. The van der Waals surface area contributed by atoms with Crippen LogP contribution in [0.1, 0.15) is 47.2 Å². The van der Waals surface area contributed by atoms with E-state index in [1.54, 1.807) is 0 Å². The van der Waals surface area contributed by atoms with E-state index < -0.39 is 5.41 Å². The van der Waals surface area contributed by atoms with Gasteiger partial charge in [0.15, 0.2) is 0 Å². The Hall–Kier alpha value is -8.20. The first-order chi connectivity index (χ1) is 32.5. The Morgan fingerprint density at radius 3 is 1.64 bits per heavy atom. The molecule has 0 fully saturated rings. The molecule has 1 spiro atoms. The molecule has 2 aliphatic carbocycles. The summed E-state index contributed by atoms with van der Waals surface area (Å²) in [6.45, 7) is 4.83. The van der Waals surface area contributed by atoms with Gasteiger partial charge < -0.3 is 9.47 Å². The van der Waals surface area contributed by atoms with Gasteiger partial charge in [0, 0.05) is 38.8 Å². The third-order valence-corrected chi connectivity index (χ3v) is 14.7. The first kappa shape index (κ1) is 38.3. The molecule has 2 aliphatic rings. The Bertz CT molecular complexity index is 3640. The standard InChI is InChI=1S/C64H46N2/c1-63(2)56-32-15-16-33-57(56)64(54-30-13-9-27-50(54)51-28-10-14-31-55(51)64)58-39-36-45(41-59(58)63)44-22-19-25-47(40-44)65(60-34-17-11-26-49(60)43-20-5-3-6-21-43)48-37-38-53-52-29-12-18-35-61(52)66(62(53)42-48)46-23-7-4-8-24-46/h3-42H,1-2H3. The van der Waals surface area contributed by atoms with Gasteiger partial charge in [0.05, 0.1) is 22.1 Å². The first-order valence-electron chi connectivity index (χ1n) is 23.1. The Labute approximate surface area is 386 Å². The highest BCUT2D eigenvalue weighted by Crippen LogP contribution is 2.62. The molecule has 0 unspecified atom stereocenters. The Kier molecular flexibility index (Phi) is 8.51. The van der Waals surface area contributed by atoms with Crippen molar-refractivity contribution in [2.75, 3.05) is 4.90 Å². The lowest BCUT2D eigenvalue weighted by Gasteiger charge is -2.46. The summed E-state index contributed by atoms with van der Waals surface area (Å²) in [4.78, 5) is 2.46. The number of para-hydroxylation sites is 3. The van der Waals surface area contributed by atoms with Crippen molar-refractivity contribution in [3.05, 3.63) is 276 Å². The summed E-state index contributed by atoms with van der Waals surface area (Å²) in [5, 5.41) is 2.47. The highest BCUT2D eigenvalue weighted by Gasteiger charge is 2.53. The van der Waals surface area contributed by atoms with E-state index in [-0.39, 0.29) is 5.41 Å². The van der Waals surface area contributed by atoms with E-state index in [2.05, 4.69) is 266 Å². The monoisotopic (exact) mass is 842 g/mol. The molecule has 312 valence electrons. The van der Waals surface area contributed by atoms with Gasteiger partial charge in [-0.1, -0.05) is 202 Å². The zero-order chi connectivity index (χ0) is 44.0. The van der Waals surface area contributed by atoms with E-state index in [1.807, 2.05) is 0 Å². The van der Waals surface area contributed by atoms with Crippen molar-refractivity contribution in [1.82, 2.24) is 4.57 Å². The average Bonchev–Trinajstić information content (AvgIpc) is 3.87. The van der Waals surface area contributed by atoms with Crippen LogP contribution in [0, 0.1) is 0 Å². The van der Waals surface area contributed by atoms with Crippen LogP contribution in [0.15, 0.2) is 243 Å². The van der Waals surface area contributed by atoms with Gasteiger partial charge in [-0.3, -0.25) is 0 Å². The van der Waals surface area contributed by atoms with Crippen LogP contribution in [0.4, 0.5) is 17.1 Å². The van der Waals surface area contributed by atoms with Crippen LogP contribution in [-0.4, -0.2) is 4.57 Å². The summed E-state index contributed by atoms with van der Waals surface area (Å²) in [7, 11) is 0. The topological polar surface area (TPSA) is 8.17 Å². The molecule has 0 saturated heterocycles. The van der Waals surface area contributed by atoms with Crippen molar-refractivity contribution in [1.29, 1.82) is 0 Å². The highest BCUT2D eigenvalue weighted by molar-refractivity contribution is 6.10. The lowest BCUT2D eigenvalue weighted by atomic mass is 9.55. The largest absolute Gasteiger partial charge is 0.310 e. The van der Waals surface area contributed by atoms with Gasteiger partial charge in [-0.15, -0.1) is 0 Å². The van der Waals surface area contributed by atoms with Gasteiger partial charge in [0.1, 0.15) is 0 Å². The second-order valence-electron chi connectivity index (χ2n) is 18.4. The maximum Gasteiger partial charge on any atom is 0.0719 e. The van der Waals surface area contributed by atoms with Gasteiger partial charge in [0.2, 0.25) is 0 Å². The van der Waals surface area contributed by atoms with Crippen molar-refractivity contribution in [2.45, 2.75) is 24.7 Å². The van der Waals surface area contributed by atoms with Crippen LogP contribution in [0.25, 0.3) is 60.9 Å². The van der Waals surface area contributed by atoms with Crippen molar-refractivity contribution in [2.24, 2.45) is 0 Å². The number of benzene rings is 10. The molecule has 0 saturated carbocycles. The van der Waals surface area contributed by atoms with Crippen LogP contribution in [0.2, 0.25) is 0 Å². The van der Waals surface area contributed by atoms with E-state index in [0.717, 1.165) is 22.7 Å². The number of rotatable bonds is 6. The number of fused-ring (bicyclic) bond motifs is 12. The minimum atomic E-state index is -0.423. The number of anilines is 3. The van der Waals surface area contributed by atoms with Crippen LogP contribution in [-0.2, 0) is 10.8 Å².